The molecular formula is C13H19N5OS. The van der Waals surface area contributed by atoms with E-state index in [0.29, 0.717) is 4.96 Å². The molecule has 1 fully saturated rings. The number of nitrogens with zero attached hydrogens (tertiary/aromatic N) is 5. The van der Waals surface area contributed by atoms with Gasteiger partial charge >= 0.3 is 0 Å². The van der Waals surface area contributed by atoms with Crippen LogP contribution in [0.1, 0.15) is 19.8 Å². The Labute approximate surface area is 121 Å². The fraction of sp³-hybridized carbons (Fsp3) is 0.615. The molecule has 3 rings (SSSR count). The van der Waals surface area contributed by atoms with Crippen LogP contribution >= 0.6 is 11.3 Å². The molecule has 1 aliphatic heterocycles. The number of aromatic nitrogens is 3. The van der Waals surface area contributed by atoms with Crippen molar-refractivity contribution in [1.82, 2.24) is 19.5 Å². The van der Waals surface area contributed by atoms with E-state index in [1.165, 1.54) is 28.3 Å². The smallest absolute Gasteiger partial charge is 0.275 e. The third-order valence-electron chi connectivity index (χ3n) is 3.56. The van der Waals surface area contributed by atoms with Gasteiger partial charge in [0.2, 0.25) is 10.1 Å². The minimum atomic E-state index is -0.111. The van der Waals surface area contributed by atoms with E-state index in [2.05, 4.69) is 26.8 Å². The second-order valence-electron chi connectivity index (χ2n) is 5.04. The highest BCUT2D eigenvalue weighted by molar-refractivity contribution is 7.20. The molecule has 0 N–H and O–H groups in total. The molecule has 0 aromatic carbocycles. The van der Waals surface area contributed by atoms with Crippen LogP contribution in [-0.4, -0.2) is 52.2 Å². The molecule has 0 aliphatic carbocycles. The van der Waals surface area contributed by atoms with E-state index < -0.39 is 0 Å². The van der Waals surface area contributed by atoms with Gasteiger partial charge in [-0.3, -0.25) is 4.79 Å². The lowest BCUT2D eigenvalue weighted by Crippen LogP contribution is -2.31. The third-order valence-corrected chi connectivity index (χ3v) is 4.54. The van der Waals surface area contributed by atoms with Crippen LogP contribution in [0.25, 0.3) is 4.96 Å². The van der Waals surface area contributed by atoms with Crippen LogP contribution in [0.5, 0.6) is 0 Å². The van der Waals surface area contributed by atoms with Gasteiger partial charge in [0, 0.05) is 31.9 Å². The van der Waals surface area contributed by atoms with Gasteiger partial charge in [-0.2, -0.15) is 4.52 Å². The van der Waals surface area contributed by atoms with E-state index in [1.807, 2.05) is 0 Å². The lowest BCUT2D eigenvalue weighted by atomic mass is 10.3. The van der Waals surface area contributed by atoms with E-state index >= 15 is 0 Å². The summed E-state index contributed by atoms with van der Waals surface area (Å²) in [6.07, 6.45) is 3.88. The van der Waals surface area contributed by atoms with Crippen molar-refractivity contribution in [3.8, 4) is 0 Å². The van der Waals surface area contributed by atoms with Crippen molar-refractivity contribution in [3.63, 3.8) is 0 Å². The maximum absolute atomic E-state index is 11.7. The summed E-state index contributed by atoms with van der Waals surface area (Å²) in [5.41, 5.74) is -0.111. The molecule has 3 heterocycles. The second-order valence-corrected chi connectivity index (χ2v) is 5.98. The summed E-state index contributed by atoms with van der Waals surface area (Å²) < 4.78 is 1.40. The Morgan fingerprint density at radius 2 is 2.20 bits per heavy atom. The second kappa shape index (κ2) is 5.88. The number of hydrogen-bond donors (Lipinski definition) is 0. The molecule has 2 aromatic heterocycles. The largest absolute Gasteiger partial charge is 0.345 e. The van der Waals surface area contributed by atoms with Gasteiger partial charge in [0.15, 0.2) is 0 Å². The summed E-state index contributed by atoms with van der Waals surface area (Å²) in [5, 5.41) is 5.32. The maximum atomic E-state index is 11.7. The third kappa shape index (κ3) is 2.69. The molecule has 7 heteroatoms. The van der Waals surface area contributed by atoms with Gasteiger partial charge in [0.25, 0.3) is 5.56 Å². The van der Waals surface area contributed by atoms with Gasteiger partial charge in [-0.05, 0) is 25.9 Å². The Hall–Kier alpha value is -1.47. The Bertz CT molecular complexity index is 637. The van der Waals surface area contributed by atoms with Crippen LogP contribution in [0.2, 0.25) is 0 Å². The summed E-state index contributed by atoms with van der Waals surface area (Å²) in [4.78, 5) is 21.4. The van der Waals surface area contributed by atoms with Gasteiger partial charge in [-0.25, -0.2) is 4.98 Å². The molecule has 6 nitrogen and oxygen atoms in total. The quantitative estimate of drug-likeness (QED) is 0.847. The van der Waals surface area contributed by atoms with Crippen molar-refractivity contribution >= 4 is 21.4 Å². The SMILES string of the molecule is CCCN1CCCN(c2nn3c(=O)ccnc3s2)CC1. The topological polar surface area (TPSA) is 53.7 Å². The van der Waals surface area contributed by atoms with Gasteiger partial charge in [0.05, 0.1) is 0 Å². The van der Waals surface area contributed by atoms with Crippen molar-refractivity contribution in [2.75, 3.05) is 37.6 Å². The highest BCUT2D eigenvalue weighted by Gasteiger charge is 2.18. The minimum absolute atomic E-state index is 0.111. The first kappa shape index (κ1) is 13.5. The zero-order chi connectivity index (χ0) is 13.9. The molecule has 0 unspecified atom stereocenters. The lowest BCUT2D eigenvalue weighted by molar-refractivity contribution is 0.294. The molecule has 0 atom stereocenters. The van der Waals surface area contributed by atoms with Crippen LogP contribution in [0.3, 0.4) is 0 Å². The zero-order valence-electron chi connectivity index (χ0n) is 11.7. The van der Waals surface area contributed by atoms with Gasteiger partial charge in [0.1, 0.15) is 0 Å². The first-order chi connectivity index (χ1) is 9.78. The molecule has 1 aliphatic rings. The normalized spacial score (nSPS) is 17.6. The number of fused-ring (bicyclic) bond motifs is 1. The molecule has 1 saturated heterocycles. The molecule has 20 heavy (non-hydrogen) atoms. The fourth-order valence-electron chi connectivity index (χ4n) is 2.56. The molecule has 2 aromatic rings. The minimum Gasteiger partial charge on any atom is -0.345 e. The molecule has 0 bridgehead atoms. The molecule has 108 valence electrons. The fourth-order valence-corrected chi connectivity index (χ4v) is 3.49. The molecule has 0 spiro atoms. The predicted molar refractivity (Wildman–Crippen MR) is 80.7 cm³/mol. The van der Waals surface area contributed by atoms with E-state index in [9.17, 15) is 4.79 Å². The number of anilines is 1. The van der Waals surface area contributed by atoms with E-state index in [-0.39, 0.29) is 5.56 Å². The first-order valence-electron chi connectivity index (χ1n) is 7.10. The molecular weight excluding hydrogens is 274 g/mol. The van der Waals surface area contributed by atoms with Crippen molar-refractivity contribution in [2.24, 2.45) is 0 Å². The number of hydrogen-bond acceptors (Lipinski definition) is 6. The van der Waals surface area contributed by atoms with Crippen LogP contribution in [0.4, 0.5) is 5.13 Å². The van der Waals surface area contributed by atoms with Crippen LogP contribution in [0, 0.1) is 0 Å². The zero-order valence-corrected chi connectivity index (χ0v) is 12.5. The molecule has 0 saturated carbocycles. The highest BCUT2D eigenvalue weighted by Crippen LogP contribution is 2.22. The van der Waals surface area contributed by atoms with Crippen LogP contribution in [0.15, 0.2) is 17.1 Å². The van der Waals surface area contributed by atoms with Gasteiger partial charge in [-0.1, -0.05) is 18.3 Å². The Kier molecular flexibility index (Phi) is 3.98. The highest BCUT2D eigenvalue weighted by atomic mass is 32.1. The van der Waals surface area contributed by atoms with E-state index in [4.69, 9.17) is 0 Å². The Morgan fingerprint density at radius 3 is 3.00 bits per heavy atom. The Morgan fingerprint density at radius 1 is 1.30 bits per heavy atom. The van der Waals surface area contributed by atoms with E-state index in [1.54, 1.807) is 6.20 Å². The summed E-state index contributed by atoms with van der Waals surface area (Å²) in [7, 11) is 0. The predicted octanol–water partition coefficient (Wildman–Crippen LogP) is 1.07. The average molecular weight is 293 g/mol. The molecule has 0 amide bonds. The van der Waals surface area contributed by atoms with E-state index in [0.717, 1.165) is 44.3 Å². The first-order valence-corrected chi connectivity index (χ1v) is 7.92. The Balaban J connectivity index is 1.80. The summed E-state index contributed by atoms with van der Waals surface area (Å²) in [6.45, 7) is 7.55. The summed E-state index contributed by atoms with van der Waals surface area (Å²) in [5.74, 6) is 0. The average Bonchev–Trinajstić information content (AvgIpc) is 2.74. The lowest BCUT2D eigenvalue weighted by Gasteiger charge is -2.20. The van der Waals surface area contributed by atoms with Crippen molar-refractivity contribution < 1.29 is 0 Å². The molecule has 0 radical (unpaired) electrons. The number of rotatable bonds is 3. The summed E-state index contributed by atoms with van der Waals surface area (Å²) >= 11 is 1.49. The van der Waals surface area contributed by atoms with Gasteiger partial charge < -0.3 is 9.80 Å². The van der Waals surface area contributed by atoms with Crippen LogP contribution < -0.4 is 10.5 Å². The van der Waals surface area contributed by atoms with Crippen molar-refractivity contribution in [1.29, 1.82) is 0 Å². The standard InChI is InChI=1S/C13H19N5OS/c1-2-6-16-7-3-8-17(10-9-16)13-15-18-11(19)4-5-14-12(18)20-13/h4-5H,2-3,6-10H2,1H3. The monoisotopic (exact) mass is 293 g/mol. The summed E-state index contributed by atoms with van der Waals surface area (Å²) in [6, 6.07) is 1.45. The van der Waals surface area contributed by atoms with Crippen LogP contribution in [-0.2, 0) is 0 Å². The van der Waals surface area contributed by atoms with Crippen molar-refractivity contribution in [2.45, 2.75) is 19.8 Å². The van der Waals surface area contributed by atoms with Crippen molar-refractivity contribution in [3.05, 3.63) is 22.6 Å². The van der Waals surface area contributed by atoms with Gasteiger partial charge in [-0.15, -0.1) is 5.10 Å². The maximum Gasteiger partial charge on any atom is 0.275 e.